The first-order chi connectivity index (χ1) is 7.69. The van der Waals surface area contributed by atoms with Gasteiger partial charge in [0.05, 0.1) is 19.9 Å². The van der Waals surface area contributed by atoms with E-state index in [0.717, 1.165) is 0 Å². The lowest BCUT2D eigenvalue weighted by Gasteiger charge is -2.11. The highest BCUT2D eigenvalue weighted by molar-refractivity contribution is 5.99. The molecule has 0 bridgehead atoms. The molecule has 1 aliphatic rings. The van der Waals surface area contributed by atoms with Crippen LogP contribution < -0.4 is 19.9 Å². The minimum atomic E-state index is -0.578. The summed E-state index contributed by atoms with van der Waals surface area (Å²) in [5.41, 5.74) is 6.18. The second-order valence-electron chi connectivity index (χ2n) is 3.10. The lowest BCUT2D eigenvalue weighted by Crippen LogP contribution is -2.07. The van der Waals surface area contributed by atoms with E-state index in [0.29, 0.717) is 17.2 Å². The van der Waals surface area contributed by atoms with Crippen LogP contribution in [0, 0.1) is 0 Å². The van der Waals surface area contributed by atoms with Gasteiger partial charge < -0.3 is 24.7 Å². The van der Waals surface area contributed by atoms with Crippen LogP contribution >= 0.6 is 0 Å². The van der Waals surface area contributed by atoms with Crippen LogP contribution in [0.5, 0.6) is 17.2 Å². The summed E-state index contributed by atoms with van der Waals surface area (Å²) in [6, 6.07) is 1.55. The predicted molar refractivity (Wildman–Crippen MR) is 54.9 cm³/mol. The number of ether oxygens (including phenoxy) is 4. The molecule has 0 unspecified atom stereocenters. The van der Waals surface area contributed by atoms with E-state index in [2.05, 4.69) is 4.74 Å². The third-order valence-corrected chi connectivity index (χ3v) is 2.24. The van der Waals surface area contributed by atoms with Gasteiger partial charge in [-0.3, -0.25) is 0 Å². The van der Waals surface area contributed by atoms with E-state index in [1.807, 2.05) is 0 Å². The second-order valence-corrected chi connectivity index (χ2v) is 3.10. The van der Waals surface area contributed by atoms with Gasteiger partial charge >= 0.3 is 5.97 Å². The van der Waals surface area contributed by atoms with Gasteiger partial charge in [-0.15, -0.1) is 0 Å². The molecule has 0 spiro atoms. The van der Waals surface area contributed by atoms with Gasteiger partial charge in [-0.05, 0) is 0 Å². The molecule has 0 radical (unpaired) electrons. The molecule has 1 aromatic rings. The molecule has 16 heavy (non-hydrogen) atoms. The normalized spacial score (nSPS) is 12.4. The molecule has 0 atom stereocenters. The Bertz CT molecular complexity index is 440. The molecular weight excluding hydrogens is 214 g/mol. The molecule has 2 N–H and O–H groups in total. The lowest BCUT2D eigenvalue weighted by molar-refractivity contribution is 0.0592. The topological polar surface area (TPSA) is 80.0 Å². The van der Waals surface area contributed by atoms with Crippen LogP contribution in [0.25, 0.3) is 0 Å². The fourth-order valence-electron chi connectivity index (χ4n) is 1.55. The molecule has 0 amide bonds. The summed E-state index contributed by atoms with van der Waals surface area (Å²) in [7, 11) is 2.69. The van der Waals surface area contributed by atoms with Gasteiger partial charge in [0.25, 0.3) is 0 Å². The van der Waals surface area contributed by atoms with E-state index in [-0.39, 0.29) is 18.1 Å². The van der Waals surface area contributed by atoms with Crippen LogP contribution in [0.3, 0.4) is 0 Å². The Kier molecular flexibility index (Phi) is 2.47. The fraction of sp³-hybridized carbons (Fsp3) is 0.300. The highest BCUT2D eigenvalue weighted by Crippen LogP contribution is 2.44. The molecule has 0 aliphatic carbocycles. The molecule has 86 valence electrons. The van der Waals surface area contributed by atoms with Crippen molar-refractivity contribution in [3.8, 4) is 17.2 Å². The van der Waals surface area contributed by atoms with Gasteiger partial charge in [-0.2, -0.15) is 0 Å². The number of carbonyl (C=O) groups is 1. The van der Waals surface area contributed by atoms with Crippen LogP contribution in [0.1, 0.15) is 10.4 Å². The van der Waals surface area contributed by atoms with E-state index in [1.54, 1.807) is 6.07 Å². The summed E-state index contributed by atoms with van der Waals surface area (Å²) in [5, 5.41) is 0. The number of hydrogen-bond acceptors (Lipinski definition) is 6. The Labute approximate surface area is 91.8 Å². The Balaban J connectivity index is 2.66. The number of rotatable bonds is 2. The number of esters is 1. The zero-order valence-electron chi connectivity index (χ0n) is 8.90. The number of carbonyl (C=O) groups excluding carboxylic acids is 1. The van der Waals surface area contributed by atoms with Crippen LogP contribution in [-0.2, 0) is 4.74 Å². The molecule has 0 fully saturated rings. The number of benzene rings is 1. The largest absolute Gasteiger partial charge is 0.494 e. The summed E-state index contributed by atoms with van der Waals surface area (Å²) in [6.07, 6.45) is 0. The molecule has 1 heterocycles. The average molecular weight is 225 g/mol. The Morgan fingerprint density at radius 2 is 2.19 bits per heavy atom. The number of nitrogen functional groups attached to an aromatic ring is 1. The first-order valence-electron chi connectivity index (χ1n) is 4.53. The van der Waals surface area contributed by atoms with Crippen molar-refractivity contribution < 1.29 is 23.7 Å². The van der Waals surface area contributed by atoms with Gasteiger partial charge in [0.15, 0.2) is 17.2 Å². The average Bonchev–Trinajstić information content (AvgIpc) is 2.73. The number of anilines is 1. The van der Waals surface area contributed by atoms with Crippen molar-refractivity contribution >= 4 is 11.7 Å². The number of fused-ring (bicyclic) bond motifs is 1. The molecule has 0 aromatic heterocycles. The zero-order valence-corrected chi connectivity index (χ0v) is 8.90. The molecular formula is C10H11NO5. The molecule has 1 aliphatic heterocycles. The minimum Gasteiger partial charge on any atom is -0.494 e. The summed E-state index contributed by atoms with van der Waals surface area (Å²) in [5.74, 6) is 0.374. The van der Waals surface area contributed by atoms with Crippen LogP contribution in [0.15, 0.2) is 6.07 Å². The first kappa shape index (κ1) is 10.4. The maximum atomic E-state index is 11.6. The molecule has 0 saturated heterocycles. The number of hydrogen-bond donors (Lipinski definition) is 1. The van der Waals surface area contributed by atoms with Crippen molar-refractivity contribution in [2.24, 2.45) is 0 Å². The smallest absolute Gasteiger partial charge is 0.345 e. The highest BCUT2D eigenvalue weighted by atomic mass is 16.7. The molecule has 1 aromatic carbocycles. The van der Waals surface area contributed by atoms with Crippen LogP contribution in [-0.4, -0.2) is 27.0 Å². The second kappa shape index (κ2) is 3.80. The van der Waals surface area contributed by atoms with Crippen molar-refractivity contribution in [2.75, 3.05) is 26.7 Å². The minimum absolute atomic E-state index is 0.0476. The lowest BCUT2D eigenvalue weighted by atomic mass is 10.1. The van der Waals surface area contributed by atoms with Crippen LogP contribution in [0.2, 0.25) is 0 Å². The van der Waals surface area contributed by atoms with Gasteiger partial charge in [0, 0.05) is 6.07 Å². The molecule has 6 heteroatoms. The summed E-state index contributed by atoms with van der Waals surface area (Å²) in [6.45, 7) is 0.0476. The van der Waals surface area contributed by atoms with Crippen molar-refractivity contribution in [1.82, 2.24) is 0 Å². The standard InChI is InChI=1S/C10H11NO5/c1-13-8-5(11)3-6-9(16-4-15-6)7(8)10(12)14-2/h3H,4,11H2,1-2H3. The Morgan fingerprint density at radius 3 is 2.81 bits per heavy atom. The Hall–Kier alpha value is -2.11. The van der Waals surface area contributed by atoms with Crippen LogP contribution in [0.4, 0.5) is 5.69 Å². The van der Waals surface area contributed by atoms with E-state index in [9.17, 15) is 4.79 Å². The Morgan fingerprint density at radius 1 is 1.44 bits per heavy atom. The third-order valence-electron chi connectivity index (χ3n) is 2.24. The van der Waals surface area contributed by atoms with E-state index in [4.69, 9.17) is 19.9 Å². The zero-order chi connectivity index (χ0) is 11.7. The van der Waals surface area contributed by atoms with Crippen molar-refractivity contribution in [3.05, 3.63) is 11.6 Å². The van der Waals surface area contributed by atoms with Gasteiger partial charge in [-0.25, -0.2) is 4.79 Å². The fourth-order valence-corrected chi connectivity index (χ4v) is 1.55. The highest BCUT2D eigenvalue weighted by Gasteiger charge is 2.29. The summed E-state index contributed by atoms with van der Waals surface area (Å²) in [4.78, 5) is 11.6. The monoisotopic (exact) mass is 225 g/mol. The maximum absolute atomic E-state index is 11.6. The third kappa shape index (κ3) is 1.39. The molecule has 2 rings (SSSR count). The summed E-state index contributed by atoms with van der Waals surface area (Å²) >= 11 is 0. The van der Waals surface area contributed by atoms with Gasteiger partial charge in [0.2, 0.25) is 6.79 Å². The van der Waals surface area contributed by atoms with E-state index >= 15 is 0 Å². The quantitative estimate of drug-likeness (QED) is 0.592. The van der Waals surface area contributed by atoms with E-state index < -0.39 is 5.97 Å². The van der Waals surface area contributed by atoms with Crippen molar-refractivity contribution in [1.29, 1.82) is 0 Å². The molecule has 0 saturated carbocycles. The maximum Gasteiger partial charge on any atom is 0.345 e. The summed E-state index contributed by atoms with van der Waals surface area (Å²) < 4.78 is 20.1. The number of methoxy groups -OCH3 is 2. The predicted octanol–water partition coefficient (Wildman–Crippen LogP) is 0.793. The van der Waals surface area contributed by atoms with Gasteiger partial charge in [-0.1, -0.05) is 0 Å². The van der Waals surface area contributed by atoms with Crippen molar-refractivity contribution in [3.63, 3.8) is 0 Å². The van der Waals surface area contributed by atoms with Gasteiger partial charge in [0.1, 0.15) is 5.56 Å². The molecule has 6 nitrogen and oxygen atoms in total. The SMILES string of the molecule is COC(=O)c1c(OC)c(N)cc2c1OCO2. The van der Waals surface area contributed by atoms with Crippen molar-refractivity contribution in [2.45, 2.75) is 0 Å². The van der Waals surface area contributed by atoms with E-state index in [1.165, 1.54) is 14.2 Å². The first-order valence-corrected chi connectivity index (χ1v) is 4.53. The number of nitrogens with two attached hydrogens (primary N) is 1.